The zero-order chi connectivity index (χ0) is 9.35. The molecule has 4 heteroatoms. The van der Waals surface area contributed by atoms with Gasteiger partial charge in [0.1, 0.15) is 6.04 Å². The van der Waals surface area contributed by atoms with Crippen LogP contribution in [0.1, 0.15) is 20.8 Å². The minimum Gasteiger partial charge on any atom is -0.480 e. The van der Waals surface area contributed by atoms with Gasteiger partial charge < -0.3 is 5.11 Å². The van der Waals surface area contributed by atoms with Gasteiger partial charge in [0.2, 0.25) is 0 Å². The van der Waals surface area contributed by atoms with E-state index in [1.54, 1.807) is 11.8 Å². The molecule has 0 aromatic heterocycles. The molecule has 1 unspecified atom stereocenters. The van der Waals surface area contributed by atoms with Gasteiger partial charge >= 0.3 is 5.97 Å². The van der Waals surface area contributed by atoms with Crippen LogP contribution in [-0.4, -0.2) is 39.2 Å². The molecular weight excluding hydrogens is 174 g/mol. The molecule has 1 fully saturated rings. The van der Waals surface area contributed by atoms with Crippen LogP contribution in [0.25, 0.3) is 0 Å². The zero-order valence-electron chi connectivity index (χ0n) is 7.70. The first-order valence-corrected chi connectivity index (χ1v) is 5.15. The van der Waals surface area contributed by atoms with E-state index in [4.69, 9.17) is 5.11 Å². The van der Waals surface area contributed by atoms with Crippen molar-refractivity contribution in [1.82, 2.24) is 4.90 Å². The van der Waals surface area contributed by atoms with E-state index in [1.165, 1.54) is 0 Å². The highest BCUT2D eigenvalue weighted by Gasteiger charge is 2.37. The SMILES string of the molecule is CC(C)(C)N1CSCC1C(=O)O. The Morgan fingerprint density at radius 1 is 1.58 bits per heavy atom. The highest BCUT2D eigenvalue weighted by Crippen LogP contribution is 2.28. The average Bonchev–Trinajstić information content (AvgIpc) is 2.30. The minimum absolute atomic E-state index is 0.0352. The van der Waals surface area contributed by atoms with Crippen LogP contribution in [0, 0.1) is 0 Å². The summed E-state index contributed by atoms with van der Waals surface area (Å²) in [6.45, 7) is 6.15. The van der Waals surface area contributed by atoms with E-state index in [9.17, 15) is 4.79 Å². The van der Waals surface area contributed by atoms with Crippen LogP contribution < -0.4 is 0 Å². The number of carbonyl (C=O) groups is 1. The van der Waals surface area contributed by atoms with Gasteiger partial charge in [0.25, 0.3) is 0 Å². The van der Waals surface area contributed by atoms with E-state index in [0.29, 0.717) is 5.75 Å². The number of thioether (sulfide) groups is 1. The van der Waals surface area contributed by atoms with Crippen molar-refractivity contribution in [3.05, 3.63) is 0 Å². The van der Waals surface area contributed by atoms with E-state index in [1.807, 2.05) is 4.90 Å². The third-order valence-corrected chi connectivity index (χ3v) is 3.04. The van der Waals surface area contributed by atoms with Crippen molar-refractivity contribution in [1.29, 1.82) is 0 Å². The fourth-order valence-corrected chi connectivity index (χ4v) is 2.72. The van der Waals surface area contributed by atoms with Gasteiger partial charge in [-0.1, -0.05) is 0 Å². The maximum Gasteiger partial charge on any atom is 0.321 e. The summed E-state index contributed by atoms with van der Waals surface area (Å²) in [5, 5.41) is 8.89. The Balaban J connectivity index is 2.71. The summed E-state index contributed by atoms with van der Waals surface area (Å²) in [7, 11) is 0. The van der Waals surface area contributed by atoms with Crippen molar-refractivity contribution in [3.63, 3.8) is 0 Å². The molecule has 1 rings (SSSR count). The third kappa shape index (κ3) is 1.93. The number of rotatable bonds is 1. The standard InChI is InChI=1S/C8H15NO2S/c1-8(2,3)9-5-12-4-6(9)7(10)11/h6H,4-5H2,1-3H3,(H,10,11). The highest BCUT2D eigenvalue weighted by atomic mass is 32.2. The first-order chi connectivity index (χ1) is 5.43. The second-order valence-corrected chi connectivity index (χ2v) is 4.99. The second-order valence-electron chi connectivity index (χ2n) is 3.99. The molecular formula is C8H15NO2S. The summed E-state index contributed by atoms with van der Waals surface area (Å²) in [5.74, 6) is 0.850. The number of carboxylic acid groups (broad SMARTS) is 1. The van der Waals surface area contributed by atoms with Crippen LogP contribution in [0.4, 0.5) is 0 Å². The molecule has 1 heterocycles. The molecule has 1 atom stereocenters. The Morgan fingerprint density at radius 3 is 2.50 bits per heavy atom. The molecule has 1 saturated heterocycles. The smallest absolute Gasteiger partial charge is 0.321 e. The quantitative estimate of drug-likeness (QED) is 0.674. The molecule has 12 heavy (non-hydrogen) atoms. The molecule has 0 saturated carbocycles. The molecule has 1 aliphatic rings. The van der Waals surface area contributed by atoms with Crippen LogP contribution in [0.2, 0.25) is 0 Å². The Bertz CT molecular complexity index is 188. The Morgan fingerprint density at radius 2 is 2.17 bits per heavy atom. The Labute approximate surface area is 77.1 Å². The van der Waals surface area contributed by atoms with E-state index in [-0.39, 0.29) is 11.6 Å². The van der Waals surface area contributed by atoms with Gasteiger partial charge in [-0.2, -0.15) is 0 Å². The van der Waals surface area contributed by atoms with Gasteiger partial charge in [0.15, 0.2) is 0 Å². The number of hydrogen-bond donors (Lipinski definition) is 1. The maximum atomic E-state index is 10.8. The van der Waals surface area contributed by atoms with Crippen molar-refractivity contribution in [2.24, 2.45) is 0 Å². The van der Waals surface area contributed by atoms with Gasteiger partial charge in [0.05, 0.1) is 0 Å². The van der Waals surface area contributed by atoms with Crippen LogP contribution in [0.15, 0.2) is 0 Å². The van der Waals surface area contributed by atoms with E-state index >= 15 is 0 Å². The summed E-state index contributed by atoms with van der Waals surface area (Å²) < 4.78 is 0. The molecule has 1 N–H and O–H groups in total. The van der Waals surface area contributed by atoms with Gasteiger partial charge in [-0.3, -0.25) is 9.69 Å². The van der Waals surface area contributed by atoms with Crippen molar-refractivity contribution >= 4 is 17.7 Å². The Kier molecular flexibility index (Phi) is 2.68. The van der Waals surface area contributed by atoms with Crippen LogP contribution in [0.5, 0.6) is 0 Å². The fraction of sp³-hybridized carbons (Fsp3) is 0.875. The predicted molar refractivity (Wildman–Crippen MR) is 50.3 cm³/mol. The number of aliphatic carboxylic acids is 1. The Hall–Kier alpha value is -0.220. The third-order valence-electron chi connectivity index (χ3n) is 2.03. The molecule has 1 aliphatic heterocycles. The molecule has 0 radical (unpaired) electrons. The first kappa shape index (κ1) is 9.86. The monoisotopic (exact) mass is 189 g/mol. The lowest BCUT2D eigenvalue weighted by Crippen LogP contribution is -2.48. The van der Waals surface area contributed by atoms with Crippen LogP contribution in [0.3, 0.4) is 0 Å². The van der Waals surface area contributed by atoms with Gasteiger partial charge in [0, 0.05) is 17.2 Å². The highest BCUT2D eigenvalue weighted by molar-refractivity contribution is 7.99. The molecule has 0 aromatic rings. The van der Waals surface area contributed by atoms with Crippen molar-refractivity contribution < 1.29 is 9.90 Å². The molecule has 0 bridgehead atoms. The predicted octanol–water partition coefficient (Wildman–Crippen LogP) is 1.24. The lowest BCUT2D eigenvalue weighted by molar-refractivity contribution is -0.143. The minimum atomic E-state index is -0.699. The van der Waals surface area contributed by atoms with Gasteiger partial charge in [-0.25, -0.2) is 0 Å². The molecule has 0 aliphatic carbocycles. The summed E-state index contributed by atoms with van der Waals surface area (Å²) in [6, 6.07) is -0.296. The maximum absolute atomic E-state index is 10.8. The van der Waals surface area contributed by atoms with Crippen molar-refractivity contribution in [2.75, 3.05) is 11.6 Å². The number of carboxylic acids is 1. The van der Waals surface area contributed by atoms with Crippen LogP contribution >= 0.6 is 11.8 Å². The second kappa shape index (κ2) is 3.26. The molecule has 70 valence electrons. The zero-order valence-corrected chi connectivity index (χ0v) is 8.52. The molecule has 0 amide bonds. The number of hydrogen-bond acceptors (Lipinski definition) is 3. The fourth-order valence-electron chi connectivity index (χ4n) is 1.31. The normalized spacial score (nSPS) is 26.1. The average molecular weight is 189 g/mol. The summed E-state index contributed by atoms with van der Waals surface area (Å²) in [5.41, 5.74) is -0.0352. The molecule has 0 aromatic carbocycles. The number of nitrogens with zero attached hydrogens (tertiary/aromatic N) is 1. The van der Waals surface area contributed by atoms with Gasteiger partial charge in [-0.15, -0.1) is 11.8 Å². The topological polar surface area (TPSA) is 40.5 Å². The van der Waals surface area contributed by atoms with E-state index < -0.39 is 5.97 Å². The summed E-state index contributed by atoms with van der Waals surface area (Å²) in [6.07, 6.45) is 0. The molecule has 0 spiro atoms. The van der Waals surface area contributed by atoms with E-state index in [2.05, 4.69) is 20.8 Å². The van der Waals surface area contributed by atoms with Crippen molar-refractivity contribution in [3.8, 4) is 0 Å². The van der Waals surface area contributed by atoms with E-state index in [0.717, 1.165) is 5.88 Å². The molecule has 3 nitrogen and oxygen atoms in total. The lowest BCUT2D eigenvalue weighted by Gasteiger charge is -2.34. The van der Waals surface area contributed by atoms with Crippen LogP contribution in [-0.2, 0) is 4.79 Å². The lowest BCUT2D eigenvalue weighted by atomic mass is 10.0. The largest absolute Gasteiger partial charge is 0.480 e. The first-order valence-electron chi connectivity index (χ1n) is 4.00. The van der Waals surface area contributed by atoms with Crippen molar-refractivity contribution in [2.45, 2.75) is 32.4 Å². The summed E-state index contributed by atoms with van der Waals surface area (Å²) in [4.78, 5) is 12.8. The summed E-state index contributed by atoms with van der Waals surface area (Å²) >= 11 is 1.69. The van der Waals surface area contributed by atoms with Gasteiger partial charge in [-0.05, 0) is 20.8 Å².